The predicted octanol–water partition coefficient (Wildman–Crippen LogP) is 3.23. The second-order valence-electron chi connectivity index (χ2n) is 4.25. The van der Waals surface area contributed by atoms with Crippen molar-refractivity contribution in [3.63, 3.8) is 0 Å². The minimum Gasteiger partial charge on any atom is -0.489 e. The molecule has 1 amide bonds. The molecule has 0 saturated carbocycles. The van der Waals surface area contributed by atoms with Crippen LogP contribution in [-0.2, 0) is 4.79 Å². The third-order valence-corrected chi connectivity index (χ3v) is 2.48. The Morgan fingerprint density at radius 3 is 2.68 bits per heavy atom. The van der Waals surface area contributed by atoms with E-state index in [9.17, 15) is 4.79 Å². The summed E-state index contributed by atoms with van der Waals surface area (Å²) in [5, 5.41) is 3.25. The molecule has 1 rings (SSSR count). The van der Waals surface area contributed by atoms with Crippen LogP contribution in [0, 0.1) is 0 Å². The van der Waals surface area contributed by atoms with Crippen molar-refractivity contribution in [2.45, 2.75) is 32.8 Å². The van der Waals surface area contributed by atoms with Gasteiger partial charge in [-0.05, 0) is 45.0 Å². The monoisotopic (exact) mass is 306 g/mol. The highest BCUT2D eigenvalue weighted by atomic mass is 35.5. The van der Waals surface area contributed by atoms with Crippen molar-refractivity contribution in [2.24, 2.45) is 5.73 Å². The van der Waals surface area contributed by atoms with E-state index in [4.69, 9.17) is 22.1 Å². The van der Waals surface area contributed by atoms with Gasteiger partial charge in [0.2, 0.25) is 5.91 Å². The van der Waals surface area contributed by atoms with Crippen molar-refractivity contribution < 1.29 is 9.53 Å². The summed E-state index contributed by atoms with van der Waals surface area (Å²) in [5.41, 5.74) is 6.01. The van der Waals surface area contributed by atoms with Crippen molar-refractivity contribution in [3.8, 4) is 5.75 Å². The van der Waals surface area contributed by atoms with E-state index in [1.165, 1.54) is 0 Å². The molecule has 0 atom stereocenters. The molecule has 0 bridgehead atoms. The highest BCUT2D eigenvalue weighted by Gasteiger charge is 2.07. The van der Waals surface area contributed by atoms with Gasteiger partial charge in [-0.25, -0.2) is 0 Å². The molecule has 4 nitrogen and oxygen atoms in total. The minimum absolute atomic E-state index is 0. The molecule has 6 heteroatoms. The van der Waals surface area contributed by atoms with E-state index in [-0.39, 0.29) is 24.4 Å². The molecule has 1 aromatic carbocycles. The lowest BCUT2D eigenvalue weighted by atomic mass is 10.2. The average Bonchev–Trinajstić information content (AvgIpc) is 2.29. The van der Waals surface area contributed by atoms with Crippen LogP contribution >= 0.6 is 24.0 Å². The Balaban J connectivity index is 0.00000324. The second kappa shape index (κ2) is 9.02. The molecule has 0 unspecified atom stereocenters. The van der Waals surface area contributed by atoms with E-state index in [1.54, 1.807) is 18.2 Å². The molecule has 0 fully saturated rings. The number of hydrogen-bond acceptors (Lipinski definition) is 3. The second-order valence-corrected chi connectivity index (χ2v) is 4.66. The lowest BCUT2D eigenvalue weighted by Crippen LogP contribution is -2.13. The van der Waals surface area contributed by atoms with Gasteiger partial charge in [0.1, 0.15) is 5.75 Å². The summed E-state index contributed by atoms with van der Waals surface area (Å²) >= 11 is 6.06. The number of amides is 1. The van der Waals surface area contributed by atoms with Gasteiger partial charge in [-0.15, -0.1) is 12.4 Å². The van der Waals surface area contributed by atoms with Crippen molar-refractivity contribution in [2.75, 3.05) is 11.9 Å². The minimum atomic E-state index is -0.0611. The van der Waals surface area contributed by atoms with Crippen molar-refractivity contribution >= 4 is 35.6 Å². The summed E-state index contributed by atoms with van der Waals surface area (Å²) in [6.45, 7) is 4.37. The van der Waals surface area contributed by atoms with E-state index < -0.39 is 0 Å². The van der Waals surface area contributed by atoms with Crippen LogP contribution < -0.4 is 15.8 Å². The molecule has 0 aliphatic rings. The van der Waals surface area contributed by atoms with Crippen LogP contribution in [0.5, 0.6) is 5.75 Å². The molecule has 108 valence electrons. The van der Waals surface area contributed by atoms with E-state index >= 15 is 0 Å². The van der Waals surface area contributed by atoms with Crippen LogP contribution in [0.4, 0.5) is 5.69 Å². The molecular weight excluding hydrogens is 287 g/mol. The lowest BCUT2D eigenvalue weighted by Gasteiger charge is -2.12. The molecule has 0 radical (unpaired) electrons. The van der Waals surface area contributed by atoms with Crippen LogP contribution in [0.2, 0.25) is 5.02 Å². The van der Waals surface area contributed by atoms with Crippen LogP contribution in [0.25, 0.3) is 0 Å². The summed E-state index contributed by atoms with van der Waals surface area (Å²) in [7, 11) is 0. The van der Waals surface area contributed by atoms with Crippen LogP contribution in [0.3, 0.4) is 0 Å². The lowest BCUT2D eigenvalue weighted by molar-refractivity contribution is -0.116. The fraction of sp³-hybridized carbons (Fsp3) is 0.462. The number of rotatable bonds is 6. The van der Waals surface area contributed by atoms with Gasteiger partial charge in [0.25, 0.3) is 0 Å². The number of benzene rings is 1. The zero-order valence-electron chi connectivity index (χ0n) is 11.1. The smallest absolute Gasteiger partial charge is 0.224 e. The molecule has 0 spiro atoms. The van der Waals surface area contributed by atoms with Gasteiger partial charge in [-0.1, -0.05) is 11.6 Å². The molecule has 0 aliphatic heterocycles. The van der Waals surface area contributed by atoms with Crippen molar-refractivity contribution in [3.05, 3.63) is 23.2 Å². The Bertz CT molecular complexity index is 412. The van der Waals surface area contributed by atoms with Gasteiger partial charge in [-0.2, -0.15) is 0 Å². The highest BCUT2D eigenvalue weighted by Crippen LogP contribution is 2.28. The zero-order chi connectivity index (χ0) is 13.5. The molecule has 0 aromatic heterocycles. The van der Waals surface area contributed by atoms with Gasteiger partial charge < -0.3 is 15.8 Å². The van der Waals surface area contributed by atoms with E-state index in [0.717, 1.165) is 0 Å². The topological polar surface area (TPSA) is 64.3 Å². The van der Waals surface area contributed by atoms with Crippen molar-refractivity contribution in [1.29, 1.82) is 0 Å². The molecule has 0 aliphatic carbocycles. The van der Waals surface area contributed by atoms with E-state index in [2.05, 4.69) is 5.32 Å². The Hall–Kier alpha value is -0.970. The molecule has 0 saturated heterocycles. The number of halogens is 2. The Morgan fingerprint density at radius 2 is 2.16 bits per heavy atom. The van der Waals surface area contributed by atoms with Gasteiger partial charge in [0.05, 0.1) is 11.1 Å². The molecule has 19 heavy (non-hydrogen) atoms. The SMILES string of the molecule is CC(C)Oc1ccc(NC(=O)CCCN)cc1Cl.Cl. The van der Waals surface area contributed by atoms with Crippen LogP contribution in [-0.4, -0.2) is 18.6 Å². The maximum absolute atomic E-state index is 11.5. The first-order valence-corrected chi connectivity index (χ1v) is 6.37. The summed E-state index contributed by atoms with van der Waals surface area (Å²) in [5.74, 6) is 0.556. The summed E-state index contributed by atoms with van der Waals surface area (Å²) in [4.78, 5) is 11.5. The number of ether oxygens (including phenoxy) is 1. The standard InChI is InChI=1S/C13H19ClN2O2.ClH/c1-9(2)18-12-6-5-10(8-11(12)14)16-13(17)4-3-7-15;/h5-6,8-9H,3-4,7,15H2,1-2H3,(H,16,17);1H. The number of anilines is 1. The third kappa shape index (κ3) is 6.66. The largest absolute Gasteiger partial charge is 0.489 e. The molecular formula is C13H20Cl2N2O2. The maximum Gasteiger partial charge on any atom is 0.224 e. The molecule has 1 aromatic rings. The zero-order valence-corrected chi connectivity index (χ0v) is 12.7. The first kappa shape index (κ1) is 18.0. The summed E-state index contributed by atoms with van der Waals surface area (Å²) in [6, 6.07) is 5.20. The number of carbonyl (C=O) groups is 1. The highest BCUT2D eigenvalue weighted by molar-refractivity contribution is 6.32. The average molecular weight is 307 g/mol. The maximum atomic E-state index is 11.5. The van der Waals surface area contributed by atoms with E-state index in [1.807, 2.05) is 13.8 Å². The molecule has 0 heterocycles. The fourth-order valence-corrected chi connectivity index (χ4v) is 1.64. The first-order chi connectivity index (χ1) is 8.52. The summed E-state index contributed by atoms with van der Waals surface area (Å²) in [6.07, 6.45) is 1.15. The third-order valence-electron chi connectivity index (χ3n) is 2.19. The van der Waals surface area contributed by atoms with Crippen molar-refractivity contribution in [1.82, 2.24) is 0 Å². The Morgan fingerprint density at radius 1 is 1.47 bits per heavy atom. The molecule has 3 N–H and O–H groups in total. The fourth-order valence-electron chi connectivity index (χ4n) is 1.41. The quantitative estimate of drug-likeness (QED) is 0.848. The number of hydrogen-bond donors (Lipinski definition) is 2. The Labute approximate surface area is 125 Å². The predicted molar refractivity (Wildman–Crippen MR) is 81.4 cm³/mol. The van der Waals surface area contributed by atoms with Gasteiger partial charge in [0.15, 0.2) is 0 Å². The van der Waals surface area contributed by atoms with Gasteiger partial charge in [0, 0.05) is 12.1 Å². The Kier molecular flexibility index (Phi) is 8.56. The first-order valence-electron chi connectivity index (χ1n) is 5.99. The summed E-state index contributed by atoms with van der Waals surface area (Å²) < 4.78 is 5.51. The number of nitrogens with two attached hydrogens (primary N) is 1. The van der Waals surface area contributed by atoms with Gasteiger partial charge >= 0.3 is 0 Å². The number of carbonyl (C=O) groups excluding carboxylic acids is 1. The van der Waals surface area contributed by atoms with Crippen LogP contribution in [0.1, 0.15) is 26.7 Å². The van der Waals surface area contributed by atoms with Crippen LogP contribution in [0.15, 0.2) is 18.2 Å². The number of nitrogens with one attached hydrogen (secondary N) is 1. The van der Waals surface area contributed by atoms with Gasteiger partial charge in [-0.3, -0.25) is 4.79 Å². The van der Waals surface area contributed by atoms with E-state index in [0.29, 0.717) is 35.8 Å². The normalized spacial score (nSPS) is 9.95.